The van der Waals surface area contributed by atoms with Gasteiger partial charge in [0.15, 0.2) is 0 Å². The normalized spacial score (nSPS) is 17.6. The smallest absolute Gasteiger partial charge is 0.416 e. The molecule has 1 aromatic carbocycles. The predicted molar refractivity (Wildman–Crippen MR) is 71.8 cm³/mol. The first kappa shape index (κ1) is 15.2. The zero-order valence-electron chi connectivity index (χ0n) is 11.6. The van der Waals surface area contributed by atoms with Crippen LogP contribution in [-0.2, 0) is 6.18 Å². The molecule has 0 radical (unpaired) electrons. The van der Waals surface area contributed by atoms with Crippen molar-refractivity contribution in [2.45, 2.75) is 44.4 Å². The number of rotatable bonds is 6. The van der Waals surface area contributed by atoms with Gasteiger partial charge < -0.3 is 10.1 Å². The molecule has 1 saturated carbocycles. The highest BCUT2D eigenvalue weighted by Gasteiger charge is 2.39. The van der Waals surface area contributed by atoms with Crippen molar-refractivity contribution in [1.29, 1.82) is 0 Å². The van der Waals surface area contributed by atoms with E-state index < -0.39 is 11.7 Å². The molecule has 0 aliphatic heterocycles. The Morgan fingerprint density at radius 2 is 1.85 bits per heavy atom. The van der Waals surface area contributed by atoms with Gasteiger partial charge in [0.05, 0.1) is 5.56 Å². The molecule has 1 aromatic rings. The summed E-state index contributed by atoms with van der Waals surface area (Å²) in [6, 6.07) is 4.98. The number of nitrogens with one attached hydrogen (secondary N) is 1. The second-order valence-electron chi connectivity index (χ2n) is 5.26. The van der Waals surface area contributed by atoms with Crippen molar-refractivity contribution >= 4 is 0 Å². The first-order chi connectivity index (χ1) is 9.45. The highest BCUT2D eigenvalue weighted by Crippen LogP contribution is 2.39. The van der Waals surface area contributed by atoms with Gasteiger partial charge in [-0.3, -0.25) is 0 Å². The van der Waals surface area contributed by atoms with Crippen LogP contribution >= 0.6 is 0 Å². The monoisotopic (exact) mass is 287 g/mol. The van der Waals surface area contributed by atoms with Crippen molar-refractivity contribution < 1.29 is 17.9 Å². The molecule has 0 saturated heterocycles. The average molecular weight is 287 g/mol. The number of ether oxygens (including phenoxy) is 1. The van der Waals surface area contributed by atoms with Gasteiger partial charge >= 0.3 is 6.18 Å². The van der Waals surface area contributed by atoms with Crippen molar-refractivity contribution in [3.63, 3.8) is 0 Å². The number of hydrogen-bond donors (Lipinski definition) is 1. The van der Waals surface area contributed by atoms with E-state index >= 15 is 0 Å². The topological polar surface area (TPSA) is 21.3 Å². The summed E-state index contributed by atoms with van der Waals surface area (Å²) in [5.41, 5.74) is -0.831. The van der Waals surface area contributed by atoms with Crippen LogP contribution in [-0.4, -0.2) is 18.7 Å². The van der Waals surface area contributed by atoms with Crippen molar-refractivity contribution in [3.8, 4) is 5.75 Å². The number of hydrogen-bond acceptors (Lipinski definition) is 2. The molecule has 2 rings (SSSR count). The summed E-state index contributed by atoms with van der Waals surface area (Å²) in [6.45, 7) is 3.83. The Balaban J connectivity index is 1.97. The van der Waals surface area contributed by atoms with E-state index in [0.29, 0.717) is 5.75 Å². The number of halogens is 3. The summed E-state index contributed by atoms with van der Waals surface area (Å²) < 4.78 is 43.4. The molecular weight excluding hydrogens is 267 g/mol. The molecule has 0 amide bonds. The lowest BCUT2D eigenvalue weighted by Gasteiger charge is -2.42. The number of alkyl halides is 3. The van der Waals surface area contributed by atoms with Crippen LogP contribution in [0, 0.1) is 0 Å². The summed E-state index contributed by atoms with van der Waals surface area (Å²) in [5.74, 6) is 0.522. The highest BCUT2D eigenvalue weighted by atomic mass is 19.4. The molecule has 1 fully saturated rings. The molecule has 2 nitrogen and oxygen atoms in total. The summed E-state index contributed by atoms with van der Waals surface area (Å²) in [7, 11) is 0. The van der Waals surface area contributed by atoms with Gasteiger partial charge in [0, 0.05) is 0 Å². The largest absolute Gasteiger partial charge is 0.487 e. The predicted octanol–water partition coefficient (Wildman–Crippen LogP) is 4.01. The molecule has 1 aliphatic rings. The van der Waals surface area contributed by atoms with Crippen LogP contribution in [0.4, 0.5) is 13.2 Å². The van der Waals surface area contributed by atoms with Crippen molar-refractivity contribution in [3.05, 3.63) is 29.8 Å². The van der Waals surface area contributed by atoms with E-state index in [-0.39, 0.29) is 5.60 Å². The van der Waals surface area contributed by atoms with E-state index in [2.05, 4.69) is 5.32 Å². The molecule has 0 aromatic heterocycles. The molecule has 1 N–H and O–H groups in total. The fourth-order valence-electron chi connectivity index (χ4n) is 2.43. The SMILES string of the molecule is CCNCCC1(Oc2ccc(C(F)(F)F)cc2)CCC1. The maximum absolute atomic E-state index is 12.5. The average Bonchev–Trinajstić information content (AvgIpc) is 2.35. The van der Waals surface area contributed by atoms with Gasteiger partial charge in [-0.1, -0.05) is 6.92 Å². The Morgan fingerprint density at radius 1 is 1.20 bits per heavy atom. The highest BCUT2D eigenvalue weighted by molar-refractivity contribution is 5.29. The minimum atomic E-state index is -4.29. The third-order valence-electron chi connectivity index (χ3n) is 3.79. The van der Waals surface area contributed by atoms with Gasteiger partial charge in [0.25, 0.3) is 0 Å². The second-order valence-corrected chi connectivity index (χ2v) is 5.26. The summed E-state index contributed by atoms with van der Waals surface area (Å²) in [4.78, 5) is 0. The Hall–Kier alpha value is -1.23. The van der Waals surface area contributed by atoms with E-state index in [9.17, 15) is 13.2 Å². The first-order valence-corrected chi connectivity index (χ1v) is 7.02. The molecule has 20 heavy (non-hydrogen) atoms. The van der Waals surface area contributed by atoms with Gasteiger partial charge in [-0.2, -0.15) is 13.2 Å². The van der Waals surface area contributed by atoms with E-state index in [1.807, 2.05) is 6.92 Å². The van der Waals surface area contributed by atoms with Gasteiger partial charge in [-0.05, 0) is 63.0 Å². The molecule has 0 unspecified atom stereocenters. The Bertz CT molecular complexity index is 424. The zero-order valence-corrected chi connectivity index (χ0v) is 11.6. The van der Waals surface area contributed by atoms with E-state index in [0.717, 1.165) is 50.9 Å². The maximum Gasteiger partial charge on any atom is 0.416 e. The molecule has 5 heteroatoms. The zero-order chi connectivity index (χ0) is 14.6. The Morgan fingerprint density at radius 3 is 2.30 bits per heavy atom. The molecule has 112 valence electrons. The van der Waals surface area contributed by atoms with Gasteiger partial charge in [-0.25, -0.2) is 0 Å². The molecule has 0 atom stereocenters. The van der Waals surface area contributed by atoms with Crippen molar-refractivity contribution in [1.82, 2.24) is 5.32 Å². The molecule has 1 aliphatic carbocycles. The number of benzene rings is 1. The van der Waals surface area contributed by atoms with Gasteiger partial charge in [0.1, 0.15) is 11.4 Å². The van der Waals surface area contributed by atoms with Crippen molar-refractivity contribution in [2.24, 2.45) is 0 Å². The molecule has 0 spiro atoms. The Labute approximate surface area is 117 Å². The summed E-state index contributed by atoms with van der Waals surface area (Å²) in [6.07, 6.45) is -0.342. The fraction of sp³-hybridized carbons (Fsp3) is 0.600. The van der Waals surface area contributed by atoms with Gasteiger partial charge in [0.2, 0.25) is 0 Å². The third-order valence-corrected chi connectivity index (χ3v) is 3.79. The molecule has 0 bridgehead atoms. The van der Waals surface area contributed by atoms with Crippen LogP contribution in [0.3, 0.4) is 0 Å². The summed E-state index contributed by atoms with van der Waals surface area (Å²) >= 11 is 0. The van der Waals surface area contributed by atoms with E-state index in [4.69, 9.17) is 4.74 Å². The maximum atomic E-state index is 12.5. The fourth-order valence-corrected chi connectivity index (χ4v) is 2.43. The lowest BCUT2D eigenvalue weighted by Crippen LogP contribution is -2.45. The molecular formula is C15H20F3NO. The van der Waals surface area contributed by atoms with Crippen LogP contribution in [0.15, 0.2) is 24.3 Å². The standard InChI is InChI=1S/C15H20F3NO/c1-2-19-11-10-14(8-3-9-14)20-13-6-4-12(5-7-13)15(16,17)18/h4-7,19H,2-3,8-11H2,1H3. The minimum Gasteiger partial charge on any atom is -0.487 e. The minimum absolute atomic E-state index is 0.193. The molecule has 0 heterocycles. The first-order valence-electron chi connectivity index (χ1n) is 7.02. The van der Waals surface area contributed by atoms with Crippen LogP contribution in [0.5, 0.6) is 5.75 Å². The van der Waals surface area contributed by atoms with E-state index in [1.165, 1.54) is 12.1 Å². The summed E-state index contributed by atoms with van der Waals surface area (Å²) in [5, 5.41) is 3.26. The third kappa shape index (κ3) is 3.66. The van der Waals surface area contributed by atoms with Crippen molar-refractivity contribution in [2.75, 3.05) is 13.1 Å². The van der Waals surface area contributed by atoms with E-state index in [1.54, 1.807) is 0 Å². The lowest BCUT2D eigenvalue weighted by atomic mass is 9.77. The van der Waals surface area contributed by atoms with Crippen LogP contribution in [0.25, 0.3) is 0 Å². The van der Waals surface area contributed by atoms with Crippen LogP contribution < -0.4 is 10.1 Å². The Kier molecular flexibility index (Phi) is 4.58. The second kappa shape index (κ2) is 6.04. The quantitative estimate of drug-likeness (QED) is 0.798. The van der Waals surface area contributed by atoms with Crippen LogP contribution in [0.1, 0.15) is 38.2 Å². The van der Waals surface area contributed by atoms with Crippen LogP contribution in [0.2, 0.25) is 0 Å². The lowest BCUT2D eigenvalue weighted by molar-refractivity contribution is -0.137. The van der Waals surface area contributed by atoms with Gasteiger partial charge in [-0.15, -0.1) is 0 Å².